The summed E-state index contributed by atoms with van der Waals surface area (Å²) in [5.41, 5.74) is 2.93. The standard InChI is InChI=1S/C49H58FN13O5/c1-4-48(47(67)55-31(2)3)13-19-60(20-14-48)41-9-5-32(26-52-41)44-45-33(25-51)27-54-63(45)30-40(57-44)34-28-53-62(29-34)35-11-17-61(18-12-35)43(65)24-49(68)15-21-59(22-16-49)36-6-7-38(37(50)23-36)56-39-8-10-42(64)58-46(39)66/h5-7,9,23,26-31,35,39,56,68H,4,8,10-22,24H2,1-3H3,(H,55,67)(H,58,64,66). The van der Waals surface area contributed by atoms with Crippen LogP contribution in [0, 0.1) is 22.6 Å². The van der Waals surface area contributed by atoms with Gasteiger partial charge in [-0.15, -0.1) is 0 Å². The molecule has 4 aliphatic heterocycles. The molecule has 4 N–H and O–H groups in total. The molecule has 1 atom stereocenters. The molecule has 4 amide bonds. The zero-order valence-corrected chi connectivity index (χ0v) is 38.7. The highest BCUT2D eigenvalue weighted by atomic mass is 19.1. The number of rotatable bonds is 12. The van der Waals surface area contributed by atoms with Gasteiger partial charge in [0.2, 0.25) is 23.6 Å². The number of hydrogen-bond donors (Lipinski definition) is 4. The Morgan fingerprint density at radius 2 is 1.69 bits per heavy atom. The van der Waals surface area contributed by atoms with Gasteiger partial charge in [0.15, 0.2) is 0 Å². The molecule has 0 radical (unpaired) electrons. The van der Waals surface area contributed by atoms with Gasteiger partial charge < -0.3 is 30.4 Å². The van der Waals surface area contributed by atoms with Gasteiger partial charge in [-0.05, 0) is 95.5 Å². The van der Waals surface area contributed by atoms with Crippen molar-refractivity contribution in [1.29, 1.82) is 5.26 Å². The van der Waals surface area contributed by atoms with E-state index in [4.69, 9.17) is 15.1 Å². The number of nitriles is 1. The number of benzene rings is 1. The molecule has 5 aromatic rings. The van der Waals surface area contributed by atoms with Gasteiger partial charge >= 0.3 is 0 Å². The van der Waals surface area contributed by atoms with Crippen LogP contribution in [0.2, 0.25) is 0 Å². The minimum atomic E-state index is -1.18. The number of hydrogen-bond acceptors (Lipinski definition) is 13. The number of halogens is 1. The van der Waals surface area contributed by atoms with Gasteiger partial charge in [-0.2, -0.15) is 15.5 Å². The summed E-state index contributed by atoms with van der Waals surface area (Å²) in [4.78, 5) is 66.2. The van der Waals surface area contributed by atoms with Crippen LogP contribution in [0.1, 0.15) is 96.6 Å². The van der Waals surface area contributed by atoms with Crippen LogP contribution in [-0.2, 0) is 19.2 Å². The van der Waals surface area contributed by atoms with E-state index in [1.165, 1.54) is 12.3 Å². The second kappa shape index (κ2) is 19.0. The number of carbonyl (C=O) groups excluding carboxylic acids is 4. The van der Waals surface area contributed by atoms with Crippen molar-refractivity contribution in [2.75, 3.05) is 54.4 Å². The summed E-state index contributed by atoms with van der Waals surface area (Å²) >= 11 is 0. The van der Waals surface area contributed by atoms with Gasteiger partial charge in [-0.3, -0.25) is 29.2 Å². The van der Waals surface area contributed by atoms with Gasteiger partial charge in [0.25, 0.3) is 0 Å². The number of nitrogens with one attached hydrogen (secondary N) is 3. The second-order valence-electron chi connectivity index (χ2n) is 19.1. The largest absolute Gasteiger partial charge is 0.389 e. The fourth-order valence-electron chi connectivity index (χ4n) is 10.1. The third-order valence-electron chi connectivity index (χ3n) is 14.4. The Morgan fingerprint density at radius 1 is 0.941 bits per heavy atom. The lowest BCUT2D eigenvalue weighted by molar-refractivity contribution is -0.139. The van der Waals surface area contributed by atoms with Crippen molar-refractivity contribution in [1.82, 2.24) is 44.9 Å². The predicted octanol–water partition coefficient (Wildman–Crippen LogP) is 4.99. The highest BCUT2D eigenvalue weighted by Crippen LogP contribution is 2.38. The first-order valence-electron chi connectivity index (χ1n) is 23.7. The number of anilines is 3. The van der Waals surface area contributed by atoms with Crippen molar-refractivity contribution in [3.05, 3.63) is 72.7 Å². The van der Waals surface area contributed by atoms with Gasteiger partial charge in [0, 0.05) is 80.9 Å². The average molecular weight is 928 g/mol. The van der Waals surface area contributed by atoms with E-state index >= 15 is 4.39 Å². The van der Waals surface area contributed by atoms with Crippen molar-refractivity contribution in [3.63, 3.8) is 0 Å². The third-order valence-corrected chi connectivity index (χ3v) is 14.4. The Kier molecular flexibility index (Phi) is 12.9. The Bertz CT molecular complexity index is 2740. The molecule has 1 unspecified atom stereocenters. The molecule has 4 saturated heterocycles. The number of nitrogens with zero attached hydrogens (tertiary/aromatic N) is 10. The van der Waals surface area contributed by atoms with Crippen molar-refractivity contribution in [2.24, 2.45) is 5.41 Å². The maximum absolute atomic E-state index is 15.1. The minimum Gasteiger partial charge on any atom is -0.389 e. The number of likely N-dealkylation sites (tertiary alicyclic amines) is 1. The number of piperidine rings is 4. The maximum Gasteiger partial charge on any atom is 0.249 e. The summed E-state index contributed by atoms with van der Waals surface area (Å²) in [6.45, 7) is 9.42. The van der Waals surface area contributed by atoms with Crippen LogP contribution in [0.4, 0.5) is 21.6 Å². The Labute approximate surface area is 393 Å². The van der Waals surface area contributed by atoms with Crippen LogP contribution in [-0.4, -0.2) is 120 Å². The molecule has 8 heterocycles. The Morgan fingerprint density at radius 3 is 2.35 bits per heavy atom. The lowest BCUT2D eigenvalue weighted by Crippen LogP contribution is -2.50. The van der Waals surface area contributed by atoms with Gasteiger partial charge in [-0.1, -0.05) is 6.92 Å². The SMILES string of the molecule is CCC1(C(=O)NC(C)C)CCN(c2ccc(-c3nc(-c4cnn(C5CCN(C(=O)CC6(O)CCN(c7ccc(NC8CCC(=O)NC8=O)c(F)c7)CC6)CC5)c4)cn4ncc(C#N)c34)cn2)CC1. The molecule has 0 bridgehead atoms. The number of aromatic nitrogens is 6. The van der Waals surface area contributed by atoms with Crippen molar-refractivity contribution in [2.45, 2.75) is 109 Å². The molecule has 4 fully saturated rings. The van der Waals surface area contributed by atoms with Crippen LogP contribution in [0.15, 0.2) is 61.3 Å². The molecule has 68 heavy (non-hydrogen) atoms. The summed E-state index contributed by atoms with van der Waals surface area (Å²) in [7, 11) is 0. The normalized spacial score (nSPS) is 19.8. The smallest absolute Gasteiger partial charge is 0.249 e. The van der Waals surface area contributed by atoms with E-state index < -0.39 is 23.4 Å². The van der Waals surface area contributed by atoms with Crippen LogP contribution >= 0.6 is 0 Å². The first kappa shape index (κ1) is 46.2. The molecule has 0 aliphatic carbocycles. The summed E-state index contributed by atoms with van der Waals surface area (Å²) in [6, 6.07) is 10.4. The third kappa shape index (κ3) is 9.46. The molecule has 9 rings (SSSR count). The van der Waals surface area contributed by atoms with E-state index in [0.717, 1.165) is 36.2 Å². The maximum atomic E-state index is 15.1. The number of imide groups is 1. The molecule has 4 aromatic heterocycles. The zero-order valence-electron chi connectivity index (χ0n) is 38.7. The van der Waals surface area contributed by atoms with E-state index in [1.54, 1.807) is 35.2 Å². The first-order valence-corrected chi connectivity index (χ1v) is 23.7. The first-order chi connectivity index (χ1) is 32.7. The van der Waals surface area contributed by atoms with Crippen LogP contribution in [0.5, 0.6) is 0 Å². The molecule has 0 spiro atoms. The van der Waals surface area contributed by atoms with Crippen molar-refractivity contribution < 1.29 is 28.7 Å². The number of carbonyl (C=O) groups is 4. The number of pyridine rings is 1. The molecular formula is C49H58FN13O5. The van der Waals surface area contributed by atoms with E-state index in [-0.39, 0.29) is 60.2 Å². The number of amides is 4. The van der Waals surface area contributed by atoms with Gasteiger partial charge in [-0.25, -0.2) is 18.9 Å². The number of aliphatic hydroxyl groups is 1. The summed E-state index contributed by atoms with van der Waals surface area (Å²) < 4.78 is 18.7. The van der Waals surface area contributed by atoms with Gasteiger partial charge in [0.1, 0.15) is 34.8 Å². The summed E-state index contributed by atoms with van der Waals surface area (Å²) in [6.07, 6.45) is 13.6. The second-order valence-corrected chi connectivity index (χ2v) is 19.1. The fourth-order valence-corrected chi connectivity index (χ4v) is 10.1. The van der Waals surface area contributed by atoms with Crippen LogP contribution < -0.4 is 25.8 Å². The van der Waals surface area contributed by atoms with E-state index in [1.807, 2.05) is 46.7 Å². The molecular weight excluding hydrogens is 870 g/mol. The molecule has 18 nitrogen and oxygen atoms in total. The molecule has 0 saturated carbocycles. The van der Waals surface area contributed by atoms with E-state index in [9.17, 15) is 29.5 Å². The average Bonchev–Trinajstić information content (AvgIpc) is 4.01. The number of fused-ring (bicyclic) bond motifs is 1. The van der Waals surface area contributed by atoms with Gasteiger partial charge in [0.05, 0.1) is 59.1 Å². The minimum absolute atomic E-state index is 0.00671. The lowest BCUT2D eigenvalue weighted by Gasteiger charge is -2.41. The quantitative estimate of drug-likeness (QED) is 0.121. The molecule has 356 valence electrons. The Balaban J connectivity index is 0.798. The molecule has 1 aromatic carbocycles. The molecule has 4 aliphatic rings. The van der Waals surface area contributed by atoms with E-state index in [0.29, 0.717) is 93.1 Å². The van der Waals surface area contributed by atoms with Crippen LogP contribution in [0.3, 0.4) is 0 Å². The monoisotopic (exact) mass is 927 g/mol. The van der Waals surface area contributed by atoms with Crippen LogP contribution in [0.25, 0.3) is 28.0 Å². The summed E-state index contributed by atoms with van der Waals surface area (Å²) in [5.74, 6) is -0.488. The zero-order chi connectivity index (χ0) is 47.7. The lowest BCUT2D eigenvalue weighted by atomic mass is 9.75. The Hall–Kier alpha value is -6.94. The van der Waals surface area contributed by atoms with Crippen molar-refractivity contribution in [3.8, 4) is 28.6 Å². The highest BCUT2D eigenvalue weighted by Gasteiger charge is 2.41. The molecule has 19 heteroatoms. The predicted molar refractivity (Wildman–Crippen MR) is 252 cm³/mol. The topological polar surface area (TPSA) is 219 Å². The highest BCUT2D eigenvalue weighted by molar-refractivity contribution is 6.01. The fraction of sp³-hybridized carbons (Fsp3) is 0.490. The summed E-state index contributed by atoms with van der Waals surface area (Å²) in [5, 5.41) is 39.0. The van der Waals surface area contributed by atoms with E-state index in [2.05, 4.69) is 38.9 Å². The van der Waals surface area contributed by atoms with Crippen molar-refractivity contribution >= 4 is 46.3 Å².